The second-order valence-corrected chi connectivity index (χ2v) is 14.5. The molecule has 1 heterocycles. The van der Waals surface area contributed by atoms with Crippen LogP contribution in [0.5, 0.6) is 11.5 Å². The molecule has 4 atom stereocenters. The van der Waals surface area contributed by atoms with Gasteiger partial charge in [0.25, 0.3) is 8.53 Å². The van der Waals surface area contributed by atoms with Crippen molar-refractivity contribution in [1.29, 1.82) is 5.26 Å². The van der Waals surface area contributed by atoms with Crippen molar-refractivity contribution in [2.75, 3.05) is 27.4 Å². The smallest absolute Gasteiger partial charge is 0.259 e. The monoisotopic (exact) mass is 732 g/mol. The van der Waals surface area contributed by atoms with Gasteiger partial charge in [-0.3, -0.25) is 0 Å². The minimum Gasteiger partial charge on any atom is -0.497 e. The number of halogens is 2. The summed E-state index contributed by atoms with van der Waals surface area (Å²) >= 11 is 0. The topological polar surface area (TPSA) is 82.4 Å². The molecule has 0 radical (unpaired) electrons. The van der Waals surface area contributed by atoms with Crippen molar-refractivity contribution in [3.8, 4) is 17.6 Å². The van der Waals surface area contributed by atoms with Gasteiger partial charge in [-0.05, 0) is 86.3 Å². The Hall–Kier alpha value is -3.94. The first-order valence-corrected chi connectivity index (χ1v) is 18.6. The van der Waals surface area contributed by atoms with Gasteiger partial charge < -0.3 is 28.0 Å². The summed E-state index contributed by atoms with van der Waals surface area (Å²) in [6.07, 6.45) is -1.27. The number of methoxy groups -OCH3 is 2. The van der Waals surface area contributed by atoms with Crippen molar-refractivity contribution in [2.24, 2.45) is 0 Å². The van der Waals surface area contributed by atoms with Gasteiger partial charge in [-0.25, -0.2) is 13.5 Å². The Morgan fingerprint density at radius 1 is 0.827 bits per heavy atom. The molecule has 0 amide bonds. The van der Waals surface area contributed by atoms with E-state index in [2.05, 4.69) is 38.4 Å². The highest BCUT2D eigenvalue weighted by Gasteiger charge is 2.44. The van der Waals surface area contributed by atoms with E-state index in [1.54, 1.807) is 14.2 Å². The van der Waals surface area contributed by atoms with Crippen LogP contribution in [0.3, 0.4) is 0 Å². The Morgan fingerprint density at radius 2 is 1.40 bits per heavy atom. The zero-order valence-electron chi connectivity index (χ0n) is 30.5. The number of benzene rings is 4. The number of ether oxygens (including phenoxy) is 4. The van der Waals surface area contributed by atoms with E-state index in [1.807, 2.05) is 78.9 Å². The Morgan fingerprint density at radius 3 is 1.92 bits per heavy atom. The number of hydrogen-bond acceptors (Lipinski definition) is 8. The predicted molar refractivity (Wildman–Crippen MR) is 197 cm³/mol. The molecule has 0 aliphatic carbocycles. The van der Waals surface area contributed by atoms with Crippen molar-refractivity contribution in [1.82, 2.24) is 4.67 Å². The van der Waals surface area contributed by atoms with Gasteiger partial charge in [-0.1, -0.05) is 60.7 Å². The van der Waals surface area contributed by atoms with E-state index in [9.17, 15) is 14.0 Å². The molecule has 1 saturated heterocycles. The standard InChI is InChI=1S/C41H47F2N2O6P/c1-28(2)45(29(3)4)52(49-24-10-23-44)51-39-26-38(30-13-22-36(42)37(43)25-30)50-40(39)27-48-41(31-11-8-7-9-12-31,32-14-18-34(46-5)19-15-32)33-16-20-35(47-6)21-17-33/h7-9,11-22,25,28-29,38-40H,10,24,26-27H2,1-6H3/t38-,39+,40-,52?/m1/s1. The van der Waals surface area contributed by atoms with Gasteiger partial charge in [0, 0.05) is 18.5 Å². The van der Waals surface area contributed by atoms with Crippen LogP contribution < -0.4 is 9.47 Å². The summed E-state index contributed by atoms with van der Waals surface area (Å²) in [7, 11) is 1.60. The second-order valence-electron chi connectivity index (χ2n) is 13.1. The van der Waals surface area contributed by atoms with Gasteiger partial charge in [0.05, 0.1) is 52.1 Å². The van der Waals surface area contributed by atoms with Crippen molar-refractivity contribution < 1.29 is 36.8 Å². The zero-order valence-corrected chi connectivity index (χ0v) is 31.4. The lowest BCUT2D eigenvalue weighted by atomic mass is 9.80. The number of hydrogen-bond donors (Lipinski definition) is 0. The van der Waals surface area contributed by atoms with Gasteiger partial charge in [-0.2, -0.15) is 5.26 Å². The van der Waals surface area contributed by atoms with E-state index >= 15 is 0 Å². The zero-order chi connectivity index (χ0) is 37.3. The molecule has 0 N–H and O–H groups in total. The third-order valence-electron chi connectivity index (χ3n) is 9.04. The van der Waals surface area contributed by atoms with Gasteiger partial charge in [-0.15, -0.1) is 0 Å². The van der Waals surface area contributed by atoms with Crippen LogP contribution in [0.25, 0.3) is 0 Å². The van der Waals surface area contributed by atoms with E-state index in [1.165, 1.54) is 12.1 Å². The van der Waals surface area contributed by atoms with Crippen molar-refractivity contribution >= 4 is 8.53 Å². The summed E-state index contributed by atoms with van der Waals surface area (Å²) in [5.74, 6) is -0.479. The highest BCUT2D eigenvalue weighted by atomic mass is 31.2. The second kappa shape index (κ2) is 18.2. The first-order chi connectivity index (χ1) is 25.1. The molecular weight excluding hydrogens is 685 g/mol. The molecule has 4 aromatic rings. The molecule has 1 fully saturated rings. The highest BCUT2D eigenvalue weighted by molar-refractivity contribution is 7.44. The molecule has 1 aliphatic heterocycles. The summed E-state index contributed by atoms with van der Waals surface area (Å²) < 4.78 is 68.7. The molecular formula is C41H47F2N2O6P. The van der Waals surface area contributed by atoms with Crippen LogP contribution in [-0.2, 0) is 24.1 Å². The van der Waals surface area contributed by atoms with E-state index < -0.39 is 44.1 Å². The maximum Gasteiger partial charge on any atom is 0.259 e. The fourth-order valence-electron chi connectivity index (χ4n) is 6.59. The van der Waals surface area contributed by atoms with E-state index in [4.69, 9.17) is 28.0 Å². The Bertz CT molecular complexity index is 1700. The van der Waals surface area contributed by atoms with Crippen molar-refractivity contribution in [3.05, 3.63) is 131 Å². The first kappa shape index (κ1) is 39.3. The summed E-state index contributed by atoms with van der Waals surface area (Å²) in [6, 6.07) is 31.6. The SMILES string of the molecule is COc1ccc(C(OC[C@H]2O[C@@H](c3ccc(F)c(F)c3)C[C@@H]2OP(OCCC#N)N(C(C)C)C(C)C)(c2ccccc2)c2ccc(OC)cc2)cc1. The molecule has 11 heteroatoms. The van der Waals surface area contributed by atoms with Crippen LogP contribution >= 0.6 is 8.53 Å². The van der Waals surface area contributed by atoms with E-state index in [-0.39, 0.29) is 31.7 Å². The fourth-order valence-corrected chi connectivity index (χ4v) is 8.35. The molecule has 276 valence electrons. The molecule has 0 saturated carbocycles. The summed E-state index contributed by atoms with van der Waals surface area (Å²) in [5, 5.41) is 9.27. The Kier molecular flexibility index (Phi) is 13.7. The lowest BCUT2D eigenvalue weighted by Crippen LogP contribution is -2.39. The van der Waals surface area contributed by atoms with Crippen LogP contribution in [-0.4, -0.2) is 56.4 Å². The highest BCUT2D eigenvalue weighted by Crippen LogP contribution is 2.51. The molecule has 1 aliphatic rings. The van der Waals surface area contributed by atoms with Crippen LogP contribution in [0.2, 0.25) is 0 Å². The molecule has 0 spiro atoms. The van der Waals surface area contributed by atoms with E-state index in [0.29, 0.717) is 23.5 Å². The fraction of sp³-hybridized carbons (Fsp3) is 0.390. The van der Waals surface area contributed by atoms with E-state index in [0.717, 1.165) is 22.8 Å². The van der Waals surface area contributed by atoms with Gasteiger partial charge >= 0.3 is 0 Å². The Labute approximate surface area is 307 Å². The maximum absolute atomic E-state index is 14.5. The molecule has 0 aromatic heterocycles. The lowest BCUT2D eigenvalue weighted by molar-refractivity contribution is -0.0806. The molecule has 0 bridgehead atoms. The third-order valence-corrected chi connectivity index (χ3v) is 11.2. The largest absolute Gasteiger partial charge is 0.497 e. The average molecular weight is 733 g/mol. The molecule has 8 nitrogen and oxygen atoms in total. The molecule has 4 aromatic carbocycles. The average Bonchev–Trinajstić information content (AvgIpc) is 3.56. The van der Waals surface area contributed by atoms with Crippen LogP contribution in [0.4, 0.5) is 8.78 Å². The Balaban J connectivity index is 1.58. The van der Waals surface area contributed by atoms with Crippen LogP contribution in [0, 0.1) is 23.0 Å². The van der Waals surface area contributed by atoms with Crippen LogP contribution in [0.1, 0.15) is 68.9 Å². The lowest BCUT2D eigenvalue weighted by Gasteiger charge is -2.39. The minimum absolute atomic E-state index is 0.0581. The number of nitrogens with zero attached hydrogens (tertiary/aromatic N) is 2. The van der Waals surface area contributed by atoms with Gasteiger partial charge in [0.1, 0.15) is 23.2 Å². The first-order valence-electron chi connectivity index (χ1n) is 17.4. The predicted octanol–water partition coefficient (Wildman–Crippen LogP) is 9.48. The van der Waals surface area contributed by atoms with Crippen molar-refractivity contribution in [2.45, 2.75) is 76.5 Å². The molecule has 5 rings (SSSR count). The summed E-state index contributed by atoms with van der Waals surface area (Å²) in [6.45, 7) is 8.54. The molecule has 1 unspecified atom stereocenters. The number of rotatable bonds is 17. The van der Waals surface area contributed by atoms with Crippen molar-refractivity contribution in [3.63, 3.8) is 0 Å². The quantitative estimate of drug-likeness (QED) is 0.0604. The third kappa shape index (κ3) is 8.98. The summed E-state index contributed by atoms with van der Waals surface area (Å²) in [4.78, 5) is 0. The molecule has 52 heavy (non-hydrogen) atoms. The minimum atomic E-state index is -1.65. The van der Waals surface area contributed by atoms with Gasteiger partial charge in [0.2, 0.25) is 0 Å². The van der Waals surface area contributed by atoms with Gasteiger partial charge in [0.15, 0.2) is 11.6 Å². The maximum atomic E-state index is 14.5. The normalized spacial score (nSPS) is 18.2. The van der Waals surface area contributed by atoms with Crippen LogP contribution in [0.15, 0.2) is 97.1 Å². The number of nitriles is 1. The summed E-state index contributed by atoms with van der Waals surface area (Å²) in [5.41, 5.74) is 1.96.